The van der Waals surface area contributed by atoms with Gasteiger partial charge >= 0.3 is 6.03 Å². The molecule has 3 amide bonds. The van der Waals surface area contributed by atoms with E-state index in [0.29, 0.717) is 17.0 Å². The Bertz CT molecular complexity index is 886. The first-order valence-corrected chi connectivity index (χ1v) is 8.53. The summed E-state index contributed by atoms with van der Waals surface area (Å²) in [5.41, 5.74) is 1.39. The van der Waals surface area contributed by atoms with Crippen LogP contribution < -0.4 is 10.6 Å². The minimum absolute atomic E-state index is 0.213. The Morgan fingerprint density at radius 2 is 1.92 bits per heavy atom. The van der Waals surface area contributed by atoms with E-state index >= 15 is 0 Å². The normalized spacial score (nSPS) is 11.6. The number of rotatable bonds is 5. The first-order chi connectivity index (χ1) is 12.7. The fourth-order valence-electron chi connectivity index (χ4n) is 2.10. The van der Waals surface area contributed by atoms with Crippen molar-refractivity contribution in [3.8, 4) is 11.5 Å². The third-order valence-electron chi connectivity index (χ3n) is 3.34. The molecule has 2 aromatic heterocycles. The Labute approximate surface area is 153 Å². The van der Waals surface area contributed by atoms with Crippen molar-refractivity contribution in [3.05, 3.63) is 60.4 Å². The number of pyridine rings is 1. The fraction of sp³-hybridized carbons (Fsp3) is 0.118. The van der Waals surface area contributed by atoms with Crippen LogP contribution in [0.4, 0.5) is 4.79 Å². The van der Waals surface area contributed by atoms with E-state index in [1.807, 2.05) is 18.2 Å². The summed E-state index contributed by atoms with van der Waals surface area (Å²) >= 11 is 1.07. The van der Waals surface area contributed by atoms with E-state index < -0.39 is 17.2 Å². The van der Waals surface area contributed by atoms with E-state index in [2.05, 4.69) is 25.8 Å². The molecule has 132 valence electrons. The van der Waals surface area contributed by atoms with Gasteiger partial charge in [0.2, 0.25) is 11.8 Å². The lowest BCUT2D eigenvalue weighted by molar-refractivity contribution is -0.119. The molecular weight excluding hydrogens is 354 g/mol. The molecule has 0 aliphatic rings. The first-order valence-electron chi connectivity index (χ1n) is 7.65. The van der Waals surface area contributed by atoms with Crippen LogP contribution in [0.1, 0.15) is 10.8 Å². The quantitative estimate of drug-likeness (QED) is 0.665. The van der Waals surface area contributed by atoms with Crippen molar-refractivity contribution in [1.29, 1.82) is 0 Å². The molecule has 3 aromatic rings. The Hall–Kier alpha value is -3.20. The second-order valence-electron chi connectivity index (χ2n) is 5.09. The van der Waals surface area contributed by atoms with Crippen molar-refractivity contribution in [3.63, 3.8) is 0 Å². The lowest BCUT2D eigenvalue weighted by Crippen LogP contribution is -2.39. The molecular formula is C17H15N5O3S. The fourth-order valence-corrected chi connectivity index (χ4v) is 2.98. The lowest BCUT2D eigenvalue weighted by Gasteiger charge is -2.14. The highest BCUT2D eigenvalue weighted by Crippen LogP contribution is 2.35. The molecule has 26 heavy (non-hydrogen) atoms. The maximum absolute atomic E-state index is 12.5. The number of thioether (sulfide) groups is 1. The minimum atomic E-state index is -0.726. The molecule has 9 heteroatoms. The molecule has 3 rings (SSSR count). The van der Waals surface area contributed by atoms with Crippen molar-refractivity contribution in [2.45, 2.75) is 10.5 Å². The molecule has 0 radical (unpaired) electrons. The zero-order chi connectivity index (χ0) is 18.4. The van der Waals surface area contributed by atoms with Crippen molar-refractivity contribution in [2.75, 3.05) is 7.05 Å². The van der Waals surface area contributed by atoms with Gasteiger partial charge in [-0.3, -0.25) is 15.1 Å². The van der Waals surface area contributed by atoms with Crippen molar-refractivity contribution >= 4 is 23.7 Å². The summed E-state index contributed by atoms with van der Waals surface area (Å²) in [6.07, 6.45) is 3.25. The van der Waals surface area contributed by atoms with Gasteiger partial charge < -0.3 is 9.73 Å². The van der Waals surface area contributed by atoms with Gasteiger partial charge in [0.15, 0.2) is 0 Å². The third-order valence-corrected chi connectivity index (χ3v) is 4.43. The van der Waals surface area contributed by atoms with Gasteiger partial charge in [0, 0.05) is 19.4 Å². The lowest BCUT2D eigenvalue weighted by atomic mass is 10.1. The van der Waals surface area contributed by atoms with Gasteiger partial charge in [-0.1, -0.05) is 30.3 Å². The van der Waals surface area contributed by atoms with Gasteiger partial charge in [0.05, 0.1) is 5.56 Å². The van der Waals surface area contributed by atoms with E-state index in [1.165, 1.54) is 7.05 Å². The number of carbonyl (C=O) groups is 2. The summed E-state index contributed by atoms with van der Waals surface area (Å²) in [6.45, 7) is 0. The highest BCUT2D eigenvalue weighted by molar-refractivity contribution is 8.00. The van der Waals surface area contributed by atoms with Crippen LogP contribution >= 0.6 is 11.8 Å². The van der Waals surface area contributed by atoms with E-state index in [9.17, 15) is 9.59 Å². The number of hydrogen-bond acceptors (Lipinski definition) is 7. The molecule has 0 saturated carbocycles. The van der Waals surface area contributed by atoms with Crippen LogP contribution in [0.3, 0.4) is 0 Å². The number of nitrogens with zero attached hydrogens (tertiary/aromatic N) is 3. The number of imide groups is 1. The van der Waals surface area contributed by atoms with Gasteiger partial charge in [-0.15, -0.1) is 10.2 Å². The Balaban J connectivity index is 1.83. The number of hydrogen-bond donors (Lipinski definition) is 2. The Morgan fingerprint density at radius 3 is 2.62 bits per heavy atom. The van der Waals surface area contributed by atoms with Crippen molar-refractivity contribution in [2.24, 2.45) is 0 Å². The van der Waals surface area contributed by atoms with Crippen LogP contribution in [0, 0.1) is 0 Å². The molecule has 0 spiro atoms. The average molecular weight is 369 g/mol. The predicted molar refractivity (Wildman–Crippen MR) is 95.2 cm³/mol. The minimum Gasteiger partial charge on any atom is -0.411 e. The average Bonchev–Trinajstić information content (AvgIpc) is 3.16. The number of urea groups is 1. The molecule has 0 aliphatic heterocycles. The number of amides is 3. The molecule has 1 aromatic carbocycles. The third kappa shape index (κ3) is 4.25. The van der Waals surface area contributed by atoms with Gasteiger partial charge in [0.1, 0.15) is 5.25 Å². The van der Waals surface area contributed by atoms with Crippen molar-refractivity contribution in [1.82, 2.24) is 25.8 Å². The van der Waals surface area contributed by atoms with Gasteiger partial charge in [-0.2, -0.15) is 0 Å². The summed E-state index contributed by atoms with van der Waals surface area (Å²) in [4.78, 5) is 28.0. The molecule has 8 nitrogen and oxygen atoms in total. The second kappa shape index (κ2) is 8.26. The number of benzene rings is 1. The van der Waals surface area contributed by atoms with E-state index in [1.54, 1.807) is 36.7 Å². The van der Waals surface area contributed by atoms with Crippen LogP contribution in [-0.2, 0) is 4.79 Å². The SMILES string of the molecule is CNC(=O)NC(=O)[C@@H](Sc1nnc(-c2cccnc2)o1)c1ccccc1. The summed E-state index contributed by atoms with van der Waals surface area (Å²) in [5.74, 6) is -0.180. The first kappa shape index (κ1) is 17.6. The van der Waals surface area contributed by atoms with Gasteiger partial charge in [-0.25, -0.2) is 4.79 Å². The highest BCUT2D eigenvalue weighted by atomic mass is 32.2. The number of aromatic nitrogens is 3. The smallest absolute Gasteiger partial charge is 0.321 e. The Morgan fingerprint density at radius 1 is 1.12 bits per heavy atom. The topological polar surface area (TPSA) is 110 Å². The van der Waals surface area contributed by atoms with Crippen LogP contribution in [0.2, 0.25) is 0 Å². The largest absolute Gasteiger partial charge is 0.411 e. The van der Waals surface area contributed by atoms with E-state index in [4.69, 9.17) is 4.42 Å². The summed E-state index contributed by atoms with van der Waals surface area (Å²) in [7, 11) is 1.44. The van der Waals surface area contributed by atoms with Gasteiger partial charge in [0.25, 0.3) is 5.22 Å². The standard InChI is InChI=1S/C17H15N5O3S/c1-18-16(24)20-14(23)13(11-6-3-2-4-7-11)26-17-22-21-15(25-17)12-8-5-9-19-10-12/h2-10,13H,1H3,(H2,18,20,23,24)/t13-/m0/s1. The molecule has 0 fully saturated rings. The van der Waals surface area contributed by atoms with Crippen LogP contribution in [0.15, 0.2) is 64.5 Å². The van der Waals surface area contributed by atoms with E-state index in [-0.39, 0.29) is 5.22 Å². The molecule has 1 atom stereocenters. The highest BCUT2D eigenvalue weighted by Gasteiger charge is 2.26. The zero-order valence-electron chi connectivity index (χ0n) is 13.7. The van der Waals surface area contributed by atoms with Crippen LogP contribution in [0.25, 0.3) is 11.5 Å². The zero-order valence-corrected chi connectivity index (χ0v) is 14.6. The summed E-state index contributed by atoms with van der Waals surface area (Å²) < 4.78 is 5.62. The molecule has 0 saturated heterocycles. The number of carbonyl (C=O) groups excluding carboxylic acids is 2. The van der Waals surface area contributed by atoms with Crippen molar-refractivity contribution < 1.29 is 14.0 Å². The molecule has 2 N–H and O–H groups in total. The maximum Gasteiger partial charge on any atom is 0.321 e. The Kier molecular flexibility index (Phi) is 5.59. The molecule has 2 heterocycles. The predicted octanol–water partition coefficient (Wildman–Crippen LogP) is 2.42. The maximum atomic E-state index is 12.5. The molecule has 0 bridgehead atoms. The molecule has 0 aliphatic carbocycles. The van der Waals surface area contributed by atoms with Crippen LogP contribution in [-0.4, -0.2) is 34.2 Å². The summed E-state index contributed by atoms with van der Waals surface area (Å²) in [6, 6.07) is 12.0. The van der Waals surface area contributed by atoms with Gasteiger partial charge in [-0.05, 0) is 29.5 Å². The molecule has 0 unspecified atom stereocenters. The number of nitrogens with one attached hydrogen (secondary N) is 2. The monoisotopic (exact) mass is 369 g/mol. The second-order valence-corrected chi connectivity index (χ2v) is 6.15. The van der Waals surface area contributed by atoms with E-state index in [0.717, 1.165) is 11.8 Å². The van der Waals surface area contributed by atoms with Crippen LogP contribution in [0.5, 0.6) is 0 Å². The summed E-state index contributed by atoms with van der Waals surface area (Å²) in [5, 5.41) is 12.1.